The summed E-state index contributed by atoms with van der Waals surface area (Å²) in [4.78, 5) is 18.2. The van der Waals surface area contributed by atoms with E-state index in [0.29, 0.717) is 24.8 Å². The number of rotatable bonds is 1. The number of hydrogen-bond acceptors (Lipinski definition) is 4. The molecule has 1 unspecified atom stereocenters. The van der Waals surface area contributed by atoms with E-state index in [1.165, 1.54) is 0 Å². The molecule has 2 saturated heterocycles. The maximum Gasteiger partial charge on any atom is 0.253 e. The smallest absolute Gasteiger partial charge is 0.253 e. The number of hydrogen-bond donors (Lipinski definition) is 2. The summed E-state index contributed by atoms with van der Waals surface area (Å²) in [6.45, 7) is 5.02. The third-order valence-electron chi connectivity index (χ3n) is 3.27. The first kappa shape index (κ1) is 9.04. The summed E-state index contributed by atoms with van der Waals surface area (Å²) in [6, 6.07) is 3.77. The normalized spacial score (nSPS) is 28.2. The van der Waals surface area contributed by atoms with Gasteiger partial charge in [-0.05, 0) is 18.6 Å². The lowest BCUT2D eigenvalue weighted by atomic mass is 9.99. The fourth-order valence-corrected chi connectivity index (χ4v) is 2.42. The Hall–Kier alpha value is -2.04. The molecular formula is C12H14N4O. The molecule has 0 aliphatic carbocycles. The van der Waals surface area contributed by atoms with Crippen LogP contribution >= 0.6 is 0 Å². The molecule has 1 spiro atoms. The van der Waals surface area contributed by atoms with Crippen molar-refractivity contribution in [3.05, 3.63) is 36.8 Å². The molecule has 2 N–H and O–H groups in total. The van der Waals surface area contributed by atoms with Gasteiger partial charge in [-0.2, -0.15) is 0 Å². The molecule has 1 aromatic heterocycles. The van der Waals surface area contributed by atoms with Crippen molar-refractivity contribution in [2.24, 2.45) is 0 Å². The maximum atomic E-state index is 11.9. The fraction of sp³-hybridized carbons (Fsp3) is 0.333. The van der Waals surface area contributed by atoms with Gasteiger partial charge in [0.05, 0.1) is 13.7 Å². The van der Waals surface area contributed by atoms with Crippen LogP contribution in [0.2, 0.25) is 0 Å². The maximum absolute atomic E-state index is 11.9. The molecule has 2 aliphatic heterocycles. The van der Waals surface area contributed by atoms with Crippen LogP contribution in [0, 0.1) is 0 Å². The summed E-state index contributed by atoms with van der Waals surface area (Å²) < 4.78 is 7.60. The van der Waals surface area contributed by atoms with Crippen LogP contribution < -0.4 is 15.5 Å². The first-order valence-corrected chi connectivity index (χ1v) is 5.55. The minimum Gasteiger partial charge on any atom is -0.356 e. The summed E-state index contributed by atoms with van der Waals surface area (Å²) in [5, 5.41) is 5.83. The summed E-state index contributed by atoms with van der Waals surface area (Å²) in [6.07, 6.45) is 2.32. The zero-order valence-corrected chi connectivity index (χ0v) is 9.36. The number of carbonyl (C=O) groups is 1. The monoisotopic (exact) mass is 232 g/mol. The second-order valence-electron chi connectivity index (χ2n) is 4.43. The molecule has 0 radical (unpaired) electrons. The minimum atomic E-state index is -0.587. The highest BCUT2D eigenvalue weighted by Gasteiger charge is 2.49. The average molecular weight is 232 g/mol. The zero-order chi connectivity index (χ0) is 12.8. The Morgan fingerprint density at radius 3 is 3.24 bits per heavy atom. The molecule has 3 rings (SSSR count). The summed E-state index contributed by atoms with van der Waals surface area (Å²) in [5.41, 5.74) is -0.587. The molecule has 2 aliphatic rings. The number of aromatic nitrogens is 1. The van der Waals surface area contributed by atoms with E-state index < -0.39 is 5.54 Å². The topological polar surface area (TPSA) is 57.3 Å². The van der Waals surface area contributed by atoms with Crippen LogP contribution in [0.25, 0.3) is 0 Å². The second-order valence-corrected chi connectivity index (χ2v) is 4.43. The van der Waals surface area contributed by atoms with Gasteiger partial charge in [0.15, 0.2) is 0 Å². The molecule has 5 heteroatoms. The van der Waals surface area contributed by atoms with E-state index in [4.69, 9.17) is 1.37 Å². The van der Waals surface area contributed by atoms with Crippen molar-refractivity contribution in [2.45, 2.75) is 12.0 Å². The molecule has 5 nitrogen and oxygen atoms in total. The quantitative estimate of drug-likeness (QED) is 0.727. The van der Waals surface area contributed by atoms with Gasteiger partial charge in [-0.3, -0.25) is 4.79 Å². The summed E-state index contributed by atoms with van der Waals surface area (Å²) in [5.74, 6) is 1.27. The van der Waals surface area contributed by atoms with Gasteiger partial charge in [-0.25, -0.2) is 4.98 Å². The van der Waals surface area contributed by atoms with Crippen LogP contribution in [0.15, 0.2) is 36.8 Å². The third kappa shape index (κ3) is 1.54. The van der Waals surface area contributed by atoms with Gasteiger partial charge in [-0.15, -0.1) is 0 Å². The van der Waals surface area contributed by atoms with Crippen molar-refractivity contribution in [3.8, 4) is 0 Å². The van der Waals surface area contributed by atoms with Crippen molar-refractivity contribution in [3.63, 3.8) is 0 Å². The number of amides is 1. The van der Waals surface area contributed by atoms with E-state index in [1.54, 1.807) is 18.3 Å². The van der Waals surface area contributed by atoms with Gasteiger partial charge in [0.1, 0.15) is 11.4 Å². The highest BCUT2D eigenvalue weighted by Crippen LogP contribution is 2.28. The lowest BCUT2D eigenvalue weighted by molar-refractivity contribution is -0.123. The second kappa shape index (κ2) is 3.48. The predicted molar refractivity (Wildman–Crippen MR) is 64.2 cm³/mol. The number of nitrogens with zero attached hydrogens (tertiary/aromatic N) is 2. The van der Waals surface area contributed by atoms with E-state index >= 15 is 0 Å². The fourth-order valence-electron chi connectivity index (χ4n) is 2.42. The van der Waals surface area contributed by atoms with Gasteiger partial charge in [0, 0.05) is 12.7 Å². The van der Waals surface area contributed by atoms with E-state index in [1.807, 2.05) is 4.90 Å². The van der Waals surface area contributed by atoms with Crippen molar-refractivity contribution in [1.29, 1.82) is 0 Å². The molecule has 1 aromatic rings. The Kier molecular flexibility index (Phi) is 1.85. The van der Waals surface area contributed by atoms with Gasteiger partial charge in [0.2, 0.25) is 0 Å². The van der Waals surface area contributed by atoms with E-state index in [9.17, 15) is 4.79 Å². The number of anilines is 1. The van der Waals surface area contributed by atoms with Crippen molar-refractivity contribution in [2.75, 3.05) is 18.0 Å². The highest BCUT2D eigenvalue weighted by molar-refractivity contribution is 5.92. The lowest BCUT2D eigenvalue weighted by Crippen LogP contribution is -2.48. The number of carbonyl (C=O) groups excluding carboxylic acids is 1. The van der Waals surface area contributed by atoms with Crippen molar-refractivity contribution >= 4 is 11.7 Å². The van der Waals surface area contributed by atoms with Crippen LogP contribution in [0.5, 0.6) is 0 Å². The van der Waals surface area contributed by atoms with Gasteiger partial charge in [0.25, 0.3) is 5.91 Å². The summed E-state index contributed by atoms with van der Waals surface area (Å²) >= 11 is 0. The van der Waals surface area contributed by atoms with Crippen molar-refractivity contribution < 1.29 is 6.17 Å². The molecule has 17 heavy (non-hydrogen) atoms. The summed E-state index contributed by atoms with van der Waals surface area (Å²) in [7, 11) is 0. The van der Waals surface area contributed by atoms with E-state index in [0.717, 1.165) is 12.4 Å². The third-order valence-corrected chi connectivity index (χ3v) is 3.27. The number of pyridine rings is 1. The average Bonchev–Trinajstić information content (AvgIpc) is 2.85. The first-order chi connectivity index (χ1) is 8.59. The van der Waals surface area contributed by atoms with Crippen LogP contribution in [-0.2, 0) is 4.79 Å². The molecule has 1 amide bonds. The highest BCUT2D eigenvalue weighted by atomic mass is 16.2. The SMILES string of the molecule is [3H]c1ccnc(N2CCC3(C2)NC(=C)NC3=O)c1. The molecule has 88 valence electrons. The van der Waals surface area contributed by atoms with Gasteiger partial charge < -0.3 is 15.5 Å². The predicted octanol–water partition coefficient (Wildman–Crippen LogP) is 0.221. The Morgan fingerprint density at radius 1 is 1.65 bits per heavy atom. The molecule has 0 aromatic carbocycles. The van der Waals surface area contributed by atoms with Crippen LogP contribution in [0.3, 0.4) is 0 Å². The zero-order valence-electron chi connectivity index (χ0n) is 10.4. The molecule has 2 fully saturated rings. The van der Waals surface area contributed by atoms with Crippen LogP contribution in [0.1, 0.15) is 7.79 Å². The lowest BCUT2D eigenvalue weighted by Gasteiger charge is -2.22. The Bertz CT molecular complexity index is 533. The molecule has 0 saturated carbocycles. The Morgan fingerprint density at radius 2 is 2.53 bits per heavy atom. The van der Waals surface area contributed by atoms with Gasteiger partial charge >= 0.3 is 0 Å². The Balaban J connectivity index is 1.84. The van der Waals surface area contributed by atoms with Crippen LogP contribution in [-0.4, -0.2) is 29.5 Å². The van der Waals surface area contributed by atoms with Crippen molar-refractivity contribution in [1.82, 2.24) is 15.6 Å². The van der Waals surface area contributed by atoms with Crippen LogP contribution in [0.4, 0.5) is 5.82 Å². The first-order valence-electron chi connectivity index (χ1n) is 6.05. The molecular weight excluding hydrogens is 216 g/mol. The molecule has 3 heterocycles. The van der Waals surface area contributed by atoms with Gasteiger partial charge in [-0.1, -0.05) is 12.6 Å². The molecule has 1 atom stereocenters. The number of nitrogens with one attached hydrogen (secondary N) is 2. The van der Waals surface area contributed by atoms with E-state index in [2.05, 4.69) is 22.2 Å². The Labute approximate surface area is 101 Å². The minimum absolute atomic E-state index is 0.0305. The molecule has 0 bridgehead atoms. The standard InChI is InChI=1S/C12H14N4O/c1-9-14-11(17)12(15-9)5-7-16(8-12)10-4-2-3-6-13-10/h2-4,6,15H,1,5,7-8H2,(H,14,17)/i2T. The largest absolute Gasteiger partial charge is 0.356 e. The van der Waals surface area contributed by atoms with E-state index in [-0.39, 0.29) is 5.91 Å².